The summed E-state index contributed by atoms with van der Waals surface area (Å²) in [7, 11) is 0. The number of ether oxygens (including phenoxy) is 2. The Morgan fingerprint density at radius 1 is 1.52 bits per heavy atom. The van der Waals surface area contributed by atoms with Crippen LogP contribution in [0.1, 0.15) is 31.4 Å². The Morgan fingerprint density at radius 3 is 2.78 bits per heavy atom. The monoisotopic (exact) mass is 334 g/mol. The van der Waals surface area contributed by atoms with Crippen LogP contribution in [-0.2, 0) is 9.47 Å². The molecule has 1 amide bonds. The summed E-state index contributed by atoms with van der Waals surface area (Å²) in [5.74, 6) is 0.137. The van der Waals surface area contributed by atoms with Crippen LogP contribution < -0.4 is 11.1 Å². The molecule has 2 unspecified atom stereocenters. The number of hydrogen-bond donors (Lipinski definition) is 2. The van der Waals surface area contributed by atoms with Gasteiger partial charge in [0.25, 0.3) is 0 Å². The van der Waals surface area contributed by atoms with Gasteiger partial charge in [-0.2, -0.15) is 13.2 Å². The molecule has 1 aromatic heterocycles. The first-order chi connectivity index (χ1) is 10.7. The van der Waals surface area contributed by atoms with Crippen molar-refractivity contribution in [1.82, 2.24) is 15.3 Å². The lowest BCUT2D eigenvalue weighted by Crippen LogP contribution is -2.38. The predicted molar refractivity (Wildman–Crippen MR) is 73.3 cm³/mol. The lowest BCUT2D eigenvalue weighted by atomic mass is 10.1. The van der Waals surface area contributed by atoms with Gasteiger partial charge < -0.3 is 20.5 Å². The number of alkyl halides is 3. The van der Waals surface area contributed by atoms with Crippen LogP contribution in [0.3, 0.4) is 0 Å². The molecule has 0 saturated carbocycles. The van der Waals surface area contributed by atoms with Crippen LogP contribution in [0.15, 0.2) is 12.4 Å². The predicted octanol–water partition coefficient (Wildman–Crippen LogP) is 1.96. The first-order valence-corrected chi connectivity index (χ1v) is 6.96. The molecular formula is C13H17F3N4O3. The van der Waals surface area contributed by atoms with Crippen molar-refractivity contribution in [2.24, 2.45) is 0 Å². The molecule has 1 aliphatic heterocycles. The third kappa shape index (κ3) is 5.55. The number of nitrogens with one attached hydrogen (secondary N) is 1. The maximum Gasteiger partial charge on any atom is 0.407 e. The zero-order valence-electron chi connectivity index (χ0n) is 12.3. The summed E-state index contributed by atoms with van der Waals surface area (Å²) in [5.41, 5.74) is 6.08. The minimum Gasteiger partial charge on any atom is -0.444 e. The standard InChI is InChI=1S/C13H17F3N4O3/c1-7(3-13(14,15)16)20-12(21)23-9-2-10(22-6-9)8-4-18-11(17)19-5-8/h4-5,7,9-10H,2-3,6H2,1H3,(H,20,21)(H2,17,18,19)/t7-,9?,10?/m0/s1. The molecule has 3 N–H and O–H groups in total. The largest absolute Gasteiger partial charge is 0.444 e. The summed E-state index contributed by atoms with van der Waals surface area (Å²) < 4.78 is 47.1. The number of aromatic nitrogens is 2. The van der Waals surface area contributed by atoms with E-state index < -0.39 is 30.8 Å². The summed E-state index contributed by atoms with van der Waals surface area (Å²) in [4.78, 5) is 19.3. The molecule has 3 atom stereocenters. The molecule has 1 fully saturated rings. The Kier molecular flexibility index (Phi) is 5.24. The van der Waals surface area contributed by atoms with E-state index in [1.165, 1.54) is 19.3 Å². The van der Waals surface area contributed by atoms with Gasteiger partial charge in [-0.25, -0.2) is 14.8 Å². The van der Waals surface area contributed by atoms with Crippen molar-refractivity contribution in [3.63, 3.8) is 0 Å². The number of nitrogens with zero attached hydrogens (tertiary/aromatic N) is 2. The van der Waals surface area contributed by atoms with Gasteiger partial charge in [0.05, 0.1) is 19.1 Å². The lowest BCUT2D eigenvalue weighted by Gasteiger charge is -2.17. The average Bonchev–Trinajstić information content (AvgIpc) is 2.85. The van der Waals surface area contributed by atoms with Crippen molar-refractivity contribution in [1.29, 1.82) is 0 Å². The Morgan fingerprint density at radius 2 is 2.17 bits per heavy atom. The van der Waals surface area contributed by atoms with Gasteiger partial charge in [-0.3, -0.25) is 0 Å². The van der Waals surface area contributed by atoms with Crippen molar-refractivity contribution in [2.45, 2.75) is 44.2 Å². The van der Waals surface area contributed by atoms with Crippen molar-refractivity contribution in [2.75, 3.05) is 12.3 Å². The van der Waals surface area contributed by atoms with Crippen molar-refractivity contribution < 1.29 is 27.4 Å². The summed E-state index contributed by atoms with van der Waals surface area (Å²) in [6.07, 6.45) is -3.85. The molecule has 0 radical (unpaired) electrons. The van der Waals surface area contributed by atoms with E-state index in [2.05, 4.69) is 15.3 Å². The van der Waals surface area contributed by atoms with Crippen molar-refractivity contribution >= 4 is 12.0 Å². The molecule has 7 nitrogen and oxygen atoms in total. The summed E-state index contributed by atoms with van der Waals surface area (Å²) in [5, 5.41) is 2.15. The fraction of sp³-hybridized carbons (Fsp3) is 0.615. The van der Waals surface area contributed by atoms with Crippen LogP contribution >= 0.6 is 0 Å². The molecule has 0 aromatic carbocycles. The number of carbonyl (C=O) groups is 1. The maximum absolute atomic E-state index is 12.2. The van der Waals surface area contributed by atoms with Crippen molar-refractivity contribution in [3.05, 3.63) is 18.0 Å². The molecule has 2 heterocycles. The van der Waals surface area contributed by atoms with Gasteiger partial charge in [-0.05, 0) is 6.92 Å². The van der Waals surface area contributed by atoms with E-state index >= 15 is 0 Å². The Labute approximate surface area is 130 Å². The number of nitrogens with two attached hydrogens (primary N) is 1. The quantitative estimate of drug-likeness (QED) is 0.873. The first-order valence-electron chi connectivity index (χ1n) is 6.96. The van der Waals surface area contributed by atoms with Crippen LogP contribution in [0.5, 0.6) is 0 Å². The van der Waals surface area contributed by atoms with E-state index in [0.29, 0.717) is 12.0 Å². The third-order valence-corrected chi connectivity index (χ3v) is 3.20. The molecule has 0 bridgehead atoms. The van der Waals surface area contributed by atoms with Crippen molar-refractivity contribution in [3.8, 4) is 0 Å². The van der Waals surface area contributed by atoms with Crippen LogP contribution in [0.2, 0.25) is 0 Å². The molecule has 0 spiro atoms. The number of hydrogen-bond acceptors (Lipinski definition) is 6. The molecule has 2 rings (SSSR count). The van der Waals surface area contributed by atoms with E-state index in [4.69, 9.17) is 15.2 Å². The normalized spacial score (nSPS) is 22.6. The molecule has 1 aromatic rings. The number of halogens is 3. The van der Waals surface area contributed by atoms with Crippen LogP contribution in [0, 0.1) is 0 Å². The second-order valence-electron chi connectivity index (χ2n) is 5.32. The maximum atomic E-state index is 12.2. The summed E-state index contributed by atoms with van der Waals surface area (Å²) in [6, 6.07) is -1.06. The van der Waals surface area contributed by atoms with Gasteiger partial charge in [-0.1, -0.05) is 0 Å². The highest BCUT2D eigenvalue weighted by Gasteiger charge is 2.33. The smallest absolute Gasteiger partial charge is 0.407 e. The zero-order valence-corrected chi connectivity index (χ0v) is 12.3. The van der Waals surface area contributed by atoms with Crippen LogP contribution in [0.25, 0.3) is 0 Å². The molecule has 0 aliphatic carbocycles. The van der Waals surface area contributed by atoms with Crippen LogP contribution in [0.4, 0.5) is 23.9 Å². The first kappa shape index (κ1) is 17.3. The zero-order chi connectivity index (χ0) is 17.0. The third-order valence-electron chi connectivity index (χ3n) is 3.20. The highest BCUT2D eigenvalue weighted by atomic mass is 19.4. The highest BCUT2D eigenvalue weighted by Crippen LogP contribution is 2.29. The van der Waals surface area contributed by atoms with E-state index in [-0.39, 0.29) is 18.7 Å². The van der Waals surface area contributed by atoms with Gasteiger partial charge in [0.15, 0.2) is 0 Å². The minimum absolute atomic E-state index is 0.137. The second-order valence-corrected chi connectivity index (χ2v) is 5.32. The fourth-order valence-corrected chi connectivity index (χ4v) is 2.21. The Bertz CT molecular complexity index is 538. The fourth-order valence-electron chi connectivity index (χ4n) is 2.21. The van der Waals surface area contributed by atoms with Gasteiger partial charge in [-0.15, -0.1) is 0 Å². The number of anilines is 1. The molecule has 23 heavy (non-hydrogen) atoms. The lowest BCUT2D eigenvalue weighted by molar-refractivity contribution is -0.138. The van der Waals surface area contributed by atoms with E-state index in [9.17, 15) is 18.0 Å². The Hall–Kier alpha value is -2.10. The van der Waals surface area contributed by atoms with Gasteiger partial charge in [0, 0.05) is 30.4 Å². The minimum atomic E-state index is -4.34. The number of rotatable bonds is 4. The molecule has 1 saturated heterocycles. The van der Waals surface area contributed by atoms with Gasteiger partial charge in [0.1, 0.15) is 6.10 Å². The number of carbonyl (C=O) groups excluding carboxylic acids is 1. The van der Waals surface area contributed by atoms with E-state index in [0.717, 1.165) is 0 Å². The SMILES string of the molecule is C[C@@H](CC(F)(F)F)NC(=O)OC1COC(c2cnc(N)nc2)C1. The van der Waals surface area contributed by atoms with Gasteiger partial charge in [0.2, 0.25) is 5.95 Å². The molecular weight excluding hydrogens is 317 g/mol. The second kappa shape index (κ2) is 6.99. The number of alkyl carbamates (subject to hydrolysis) is 1. The number of amides is 1. The van der Waals surface area contributed by atoms with Gasteiger partial charge >= 0.3 is 12.3 Å². The molecule has 128 valence electrons. The molecule has 1 aliphatic rings. The highest BCUT2D eigenvalue weighted by molar-refractivity contribution is 5.67. The van der Waals surface area contributed by atoms with E-state index in [1.54, 1.807) is 0 Å². The average molecular weight is 334 g/mol. The summed E-state index contributed by atoms with van der Waals surface area (Å²) in [6.45, 7) is 1.41. The number of nitrogen functional groups attached to an aromatic ring is 1. The van der Waals surface area contributed by atoms with Crippen LogP contribution in [-0.4, -0.2) is 41.0 Å². The van der Waals surface area contributed by atoms with E-state index in [1.807, 2.05) is 0 Å². The Balaban J connectivity index is 1.78. The molecule has 10 heteroatoms. The topological polar surface area (TPSA) is 99.4 Å². The summed E-state index contributed by atoms with van der Waals surface area (Å²) >= 11 is 0.